The lowest BCUT2D eigenvalue weighted by atomic mass is 9.74. The number of hydrogen-bond acceptors (Lipinski definition) is 5. The molecule has 2 N–H and O–H groups in total. The van der Waals surface area contributed by atoms with Gasteiger partial charge in [0.15, 0.2) is 17.5 Å². The van der Waals surface area contributed by atoms with Gasteiger partial charge in [0.2, 0.25) is 0 Å². The Kier molecular flexibility index (Phi) is 8.73. The van der Waals surface area contributed by atoms with Crippen LogP contribution in [0.1, 0.15) is 48.5 Å². The minimum Gasteiger partial charge on any atom is -0.497 e. The molecule has 4 rings (SSSR count). The number of benzene rings is 2. The lowest BCUT2D eigenvalue weighted by Gasteiger charge is -2.38. The highest BCUT2D eigenvalue weighted by Crippen LogP contribution is 2.40. The van der Waals surface area contributed by atoms with Crippen LogP contribution in [0.25, 0.3) is 10.9 Å². The number of ether oxygens (including phenoxy) is 1. The number of carboxylic acids is 1. The number of hydrogen-bond donors (Lipinski definition) is 2. The number of likely N-dealkylation sites (tertiary alicyclic amines) is 1. The minimum absolute atomic E-state index is 0.00573. The summed E-state index contributed by atoms with van der Waals surface area (Å²) in [5.74, 6) is 0.774. The molecular formula is C29H28F4N2O4. The van der Waals surface area contributed by atoms with Crippen molar-refractivity contribution >= 4 is 16.9 Å². The number of pyridine rings is 1. The average Bonchev–Trinajstić information content (AvgIpc) is 2.94. The van der Waals surface area contributed by atoms with Gasteiger partial charge < -0.3 is 14.9 Å². The van der Waals surface area contributed by atoms with Gasteiger partial charge in [-0.15, -0.1) is 0 Å². The first-order chi connectivity index (χ1) is 18.7. The van der Waals surface area contributed by atoms with Crippen molar-refractivity contribution in [2.75, 3.05) is 26.7 Å². The Morgan fingerprint density at radius 2 is 1.87 bits per heavy atom. The van der Waals surface area contributed by atoms with E-state index in [1.54, 1.807) is 18.2 Å². The Morgan fingerprint density at radius 3 is 2.49 bits per heavy atom. The van der Waals surface area contributed by atoms with Crippen molar-refractivity contribution < 1.29 is 37.3 Å². The Hall–Kier alpha value is -3.68. The van der Waals surface area contributed by atoms with Crippen LogP contribution < -0.4 is 4.74 Å². The molecule has 6 nitrogen and oxygen atoms in total. The van der Waals surface area contributed by atoms with Crippen molar-refractivity contribution in [3.05, 3.63) is 70.7 Å². The molecule has 0 saturated carbocycles. The number of aliphatic carboxylic acids is 1. The molecule has 1 saturated heterocycles. The second-order valence-electron chi connectivity index (χ2n) is 9.69. The Morgan fingerprint density at radius 1 is 1.18 bits per heavy atom. The fraction of sp³-hybridized carbons (Fsp3) is 0.379. The Bertz CT molecular complexity index is 1400. The van der Waals surface area contributed by atoms with Gasteiger partial charge >= 0.3 is 5.97 Å². The summed E-state index contributed by atoms with van der Waals surface area (Å²) in [7, 11) is 1.50. The first-order valence-electron chi connectivity index (χ1n) is 12.5. The second-order valence-corrected chi connectivity index (χ2v) is 9.69. The summed E-state index contributed by atoms with van der Waals surface area (Å²) in [5, 5.41) is 21.8. The maximum atomic E-state index is 13.8. The zero-order valence-corrected chi connectivity index (χ0v) is 21.3. The zero-order valence-electron chi connectivity index (χ0n) is 21.3. The van der Waals surface area contributed by atoms with Crippen LogP contribution >= 0.6 is 0 Å². The van der Waals surface area contributed by atoms with Gasteiger partial charge in [0.1, 0.15) is 12.4 Å². The molecule has 2 aromatic carbocycles. The van der Waals surface area contributed by atoms with E-state index >= 15 is 0 Å². The van der Waals surface area contributed by atoms with Crippen LogP contribution in [0.15, 0.2) is 36.5 Å². The topological polar surface area (TPSA) is 82.9 Å². The van der Waals surface area contributed by atoms with Gasteiger partial charge in [-0.1, -0.05) is 11.8 Å². The number of alkyl halides is 1. The molecule has 39 heavy (non-hydrogen) atoms. The van der Waals surface area contributed by atoms with Gasteiger partial charge in [0.25, 0.3) is 0 Å². The number of fused-ring (bicyclic) bond motifs is 1. The number of aliphatic hydroxyl groups is 1. The lowest BCUT2D eigenvalue weighted by molar-refractivity contribution is -0.153. The van der Waals surface area contributed by atoms with Crippen molar-refractivity contribution in [1.29, 1.82) is 0 Å². The van der Waals surface area contributed by atoms with E-state index in [1.165, 1.54) is 13.3 Å². The first kappa shape index (κ1) is 28.3. The molecule has 1 atom stereocenters. The van der Waals surface area contributed by atoms with Crippen LogP contribution in [-0.4, -0.2) is 52.8 Å². The smallest absolute Gasteiger partial charge is 0.309 e. The fourth-order valence-corrected chi connectivity index (χ4v) is 5.01. The van der Waals surface area contributed by atoms with E-state index in [1.807, 2.05) is 4.90 Å². The molecule has 0 radical (unpaired) electrons. The van der Waals surface area contributed by atoms with E-state index in [0.29, 0.717) is 48.1 Å². The molecule has 0 unspecified atom stereocenters. The van der Waals surface area contributed by atoms with Crippen LogP contribution in [0, 0.1) is 34.7 Å². The van der Waals surface area contributed by atoms with E-state index < -0.39 is 41.6 Å². The summed E-state index contributed by atoms with van der Waals surface area (Å²) < 4.78 is 59.0. The maximum absolute atomic E-state index is 13.8. The molecule has 206 valence electrons. The quantitative estimate of drug-likeness (QED) is 0.232. The first-order valence-corrected chi connectivity index (χ1v) is 12.5. The maximum Gasteiger partial charge on any atom is 0.309 e. The SMILES string of the molecule is COc1ccc2ncc(CF)c([C@@H](O)CCC3(C(=O)O)CCN(CC#Cc4cc(F)c(F)c(F)c4)CC3)c2c1. The molecule has 1 fully saturated rings. The highest BCUT2D eigenvalue weighted by molar-refractivity contribution is 5.85. The molecule has 3 aromatic rings. The predicted molar refractivity (Wildman–Crippen MR) is 136 cm³/mol. The minimum atomic E-state index is -1.55. The summed E-state index contributed by atoms with van der Waals surface area (Å²) in [6.45, 7) is 0.232. The predicted octanol–water partition coefficient (Wildman–Crippen LogP) is 5.16. The zero-order chi connectivity index (χ0) is 28.2. The molecule has 0 spiro atoms. The number of methoxy groups -OCH3 is 1. The van der Waals surface area contributed by atoms with Crippen LogP contribution in [0.3, 0.4) is 0 Å². The summed E-state index contributed by atoms with van der Waals surface area (Å²) in [6.07, 6.45) is 1.17. The number of aliphatic hydroxyl groups excluding tert-OH is 1. The molecular weight excluding hydrogens is 516 g/mol. The molecule has 1 aliphatic heterocycles. The van der Waals surface area contributed by atoms with Gasteiger partial charge in [-0.2, -0.15) is 0 Å². The Balaban J connectivity index is 1.43. The van der Waals surface area contributed by atoms with Gasteiger partial charge in [0.05, 0.1) is 30.7 Å². The number of halogens is 4. The van der Waals surface area contributed by atoms with Crippen LogP contribution in [0.2, 0.25) is 0 Å². The summed E-state index contributed by atoms with van der Waals surface area (Å²) in [6, 6.07) is 6.75. The number of carbonyl (C=O) groups is 1. The third-order valence-electron chi connectivity index (χ3n) is 7.36. The molecule has 2 heterocycles. The Labute approximate surface area is 223 Å². The highest BCUT2D eigenvalue weighted by Gasteiger charge is 2.41. The normalized spacial score (nSPS) is 15.9. The van der Waals surface area contributed by atoms with Gasteiger partial charge in [-0.05, 0) is 61.6 Å². The number of rotatable bonds is 8. The molecule has 1 aromatic heterocycles. The summed E-state index contributed by atoms with van der Waals surface area (Å²) in [4.78, 5) is 18.5. The second kappa shape index (κ2) is 12.0. The number of carboxylic acid groups (broad SMARTS) is 1. The van der Waals surface area contributed by atoms with Crippen molar-refractivity contribution in [2.45, 2.75) is 38.5 Å². The van der Waals surface area contributed by atoms with Crippen molar-refractivity contribution in [3.8, 4) is 17.6 Å². The highest BCUT2D eigenvalue weighted by atomic mass is 19.2. The van der Waals surface area contributed by atoms with E-state index in [2.05, 4.69) is 16.8 Å². The van der Waals surface area contributed by atoms with Crippen LogP contribution in [0.5, 0.6) is 5.75 Å². The number of aromatic nitrogens is 1. The van der Waals surface area contributed by atoms with Crippen LogP contribution in [-0.2, 0) is 11.5 Å². The number of nitrogens with zero attached hydrogens (tertiary/aromatic N) is 2. The summed E-state index contributed by atoms with van der Waals surface area (Å²) >= 11 is 0. The molecule has 10 heteroatoms. The van der Waals surface area contributed by atoms with Crippen molar-refractivity contribution in [1.82, 2.24) is 9.88 Å². The van der Waals surface area contributed by atoms with Crippen molar-refractivity contribution in [2.24, 2.45) is 5.41 Å². The van der Waals surface area contributed by atoms with Gasteiger partial charge in [0, 0.05) is 35.8 Å². The molecule has 0 aliphatic carbocycles. The average molecular weight is 545 g/mol. The molecule has 0 amide bonds. The number of piperidine rings is 1. The van der Waals surface area contributed by atoms with Crippen LogP contribution in [0.4, 0.5) is 17.6 Å². The fourth-order valence-electron chi connectivity index (χ4n) is 5.01. The third kappa shape index (κ3) is 6.15. The van der Waals surface area contributed by atoms with E-state index in [0.717, 1.165) is 12.1 Å². The lowest BCUT2D eigenvalue weighted by Crippen LogP contribution is -2.44. The summed E-state index contributed by atoms with van der Waals surface area (Å²) in [5.41, 5.74) is 0.108. The largest absolute Gasteiger partial charge is 0.497 e. The molecule has 1 aliphatic rings. The monoisotopic (exact) mass is 544 g/mol. The van der Waals surface area contributed by atoms with E-state index in [-0.39, 0.29) is 30.5 Å². The van der Waals surface area contributed by atoms with Gasteiger partial charge in [-0.3, -0.25) is 14.7 Å². The van der Waals surface area contributed by atoms with E-state index in [9.17, 15) is 32.6 Å². The van der Waals surface area contributed by atoms with Gasteiger partial charge in [-0.25, -0.2) is 17.6 Å². The third-order valence-corrected chi connectivity index (χ3v) is 7.36. The van der Waals surface area contributed by atoms with E-state index in [4.69, 9.17) is 4.74 Å². The standard InChI is InChI=1S/C29H28F4N2O4/c1-39-20-4-5-24-21(15-20)26(19(16-30)17-34-24)25(36)6-7-29(28(37)38)8-11-35(12-9-29)10-2-3-18-13-22(31)27(33)23(32)14-18/h4-5,13-15,17,25,36H,6-12,16H2,1H3,(H,37,38)/t25-/m0/s1. The van der Waals surface area contributed by atoms with Crippen molar-refractivity contribution in [3.63, 3.8) is 0 Å². The molecule has 0 bridgehead atoms.